The average molecular weight is 404 g/mol. The molecule has 0 aliphatic carbocycles. The third kappa shape index (κ3) is 3.81. The van der Waals surface area contributed by atoms with Crippen molar-refractivity contribution in [3.63, 3.8) is 0 Å². The van der Waals surface area contributed by atoms with E-state index < -0.39 is 0 Å². The fourth-order valence-corrected chi connectivity index (χ4v) is 3.55. The van der Waals surface area contributed by atoms with Crippen molar-refractivity contribution in [1.82, 2.24) is 19.7 Å². The fraction of sp³-hybridized carbons (Fsp3) is 0.227. The van der Waals surface area contributed by atoms with Crippen LogP contribution in [0.3, 0.4) is 0 Å². The highest BCUT2D eigenvalue weighted by Gasteiger charge is 2.18. The lowest BCUT2D eigenvalue weighted by Gasteiger charge is -2.13. The van der Waals surface area contributed by atoms with Gasteiger partial charge in [0.2, 0.25) is 5.95 Å². The summed E-state index contributed by atoms with van der Waals surface area (Å²) in [5, 5.41) is 11.7. The molecular formula is C22H21FN6O. The molecule has 0 spiro atoms. The molecule has 0 unspecified atom stereocenters. The molecule has 2 aromatic carbocycles. The van der Waals surface area contributed by atoms with Crippen LogP contribution in [0, 0.1) is 5.82 Å². The van der Waals surface area contributed by atoms with Crippen LogP contribution in [0.5, 0.6) is 0 Å². The number of nitrogens with one attached hydrogen (secondary N) is 2. The predicted molar refractivity (Wildman–Crippen MR) is 114 cm³/mol. The fourth-order valence-electron chi connectivity index (χ4n) is 3.55. The van der Waals surface area contributed by atoms with Gasteiger partial charge in [-0.3, -0.25) is 0 Å². The van der Waals surface area contributed by atoms with E-state index in [0.717, 1.165) is 30.5 Å². The summed E-state index contributed by atoms with van der Waals surface area (Å²) in [5.41, 5.74) is 2.16. The standard InChI is InChI=1S/C22H21FN6O/c23-15-6-4-7-16(12-15)26-20-19-14-25-29(17-8-2-1-3-9-17)21(19)28-22(27-20)24-13-18-10-5-11-30-18/h1-4,6-9,12,14,18H,5,10-11,13H2,(H2,24,26,27,28)/t18-/m0/s1. The number of para-hydroxylation sites is 1. The van der Waals surface area contributed by atoms with E-state index in [-0.39, 0.29) is 11.9 Å². The van der Waals surface area contributed by atoms with Gasteiger partial charge < -0.3 is 15.4 Å². The minimum atomic E-state index is -0.318. The Hall–Kier alpha value is -3.52. The van der Waals surface area contributed by atoms with Gasteiger partial charge in [-0.2, -0.15) is 15.1 Å². The van der Waals surface area contributed by atoms with Gasteiger partial charge in [0.15, 0.2) is 5.65 Å². The summed E-state index contributed by atoms with van der Waals surface area (Å²) >= 11 is 0. The van der Waals surface area contributed by atoms with Gasteiger partial charge in [-0.1, -0.05) is 24.3 Å². The summed E-state index contributed by atoms with van der Waals surface area (Å²) in [6.45, 7) is 1.42. The summed E-state index contributed by atoms with van der Waals surface area (Å²) in [6.07, 6.45) is 3.96. The predicted octanol–water partition coefficient (Wildman–Crippen LogP) is 4.29. The molecule has 2 N–H and O–H groups in total. The van der Waals surface area contributed by atoms with E-state index in [0.29, 0.717) is 29.6 Å². The molecular weight excluding hydrogens is 383 g/mol. The Morgan fingerprint density at radius 1 is 1.10 bits per heavy atom. The summed E-state index contributed by atoms with van der Waals surface area (Å²) in [5.74, 6) is 0.708. The van der Waals surface area contributed by atoms with Crippen LogP contribution in [0.4, 0.5) is 21.8 Å². The first-order valence-electron chi connectivity index (χ1n) is 9.95. The highest BCUT2D eigenvalue weighted by Crippen LogP contribution is 2.27. The monoisotopic (exact) mass is 404 g/mol. The van der Waals surface area contributed by atoms with E-state index in [9.17, 15) is 4.39 Å². The van der Waals surface area contributed by atoms with Crippen molar-refractivity contribution in [3.05, 3.63) is 66.6 Å². The van der Waals surface area contributed by atoms with Crippen LogP contribution in [0.1, 0.15) is 12.8 Å². The Balaban J connectivity index is 1.55. The molecule has 5 rings (SSSR count). The first kappa shape index (κ1) is 18.5. The van der Waals surface area contributed by atoms with Crippen molar-refractivity contribution in [2.45, 2.75) is 18.9 Å². The number of hydrogen-bond acceptors (Lipinski definition) is 6. The third-order valence-electron chi connectivity index (χ3n) is 5.03. The van der Waals surface area contributed by atoms with Crippen molar-refractivity contribution in [3.8, 4) is 5.69 Å². The Labute approximate surface area is 172 Å². The molecule has 152 valence electrons. The molecule has 4 aromatic rings. The SMILES string of the molecule is Fc1cccc(Nc2nc(NC[C@@H]3CCCO3)nc3c2cnn3-c2ccccc2)c1. The maximum Gasteiger partial charge on any atom is 0.226 e. The summed E-state index contributed by atoms with van der Waals surface area (Å²) in [7, 11) is 0. The van der Waals surface area contributed by atoms with E-state index in [1.54, 1.807) is 23.0 Å². The zero-order valence-corrected chi connectivity index (χ0v) is 16.3. The first-order valence-corrected chi connectivity index (χ1v) is 9.95. The maximum atomic E-state index is 13.7. The number of benzene rings is 2. The van der Waals surface area contributed by atoms with Gasteiger partial charge >= 0.3 is 0 Å². The largest absolute Gasteiger partial charge is 0.376 e. The number of nitrogens with zero attached hydrogens (tertiary/aromatic N) is 4. The Kier molecular flexibility index (Phi) is 4.98. The second kappa shape index (κ2) is 8.08. The van der Waals surface area contributed by atoms with E-state index in [2.05, 4.69) is 20.7 Å². The molecule has 3 heterocycles. The number of aromatic nitrogens is 4. The Morgan fingerprint density at radius 3 is 2.80 bits per heavy atom. The number of anilines is 3. The molecule has 7 nitrogen and oxygen atoms in total. The molecule has 0 saturated carbocycles. The Morgan fingerprint density at radius 2 is 2.00 bits per heavy atom. The van der Waals surface area contributed by atoms with E-state index in [1.165, 1.54) is 12.1 Å². The number of rotatable bonds is 6. The van der Waals surface area contributed by atoms with Crippen molar-refractivity contribution in [2.75, 3.05) is 23.8 Å². The zero-order valence-electron chi connectivity index (χ0n) is 16.3. The van der Waals surface area contributed by atoms with Crippen LogP contribution in [0.2, 0.25) is 0 Å². The van der Waals surface area contributed by atoms with Crippen LogP contribution >= 0.6 is 0 Å². The minimum Gasteiger partial charge on any atom is -0.376 e. The Bertz CT molecular complexity index is 1160. The van der Waals surface area contributed by atoms with Gasteiger partial charge in [-0.05, 0) is 43.2 Å². The lowest BCUT2D eigenvalue weighted by molar-refractivity contribution is 0.120. The number of fused-ring (bicyclic) bond motifs is 1. The second-order valence-corrected chi connectivity index (χ2v) is 7.18. The molecule has 0 radical (unpaired) electrons. The smallest absolute Gasteiger partial charge is 0.226 e. The van der Waals surface area contributed by atoms with Crippen molar-refractivity contribution >= 4 is 28.5 Å². The van der Waals surface area contributed by atoms with Gasteiger partial charge in [0.25, 0.3) is 0 Å². The zero-order chi connectivity index (χ0) is 20.3. The highest BCUT2D eigenvalue weighted by atomic mass is 19.1. The van der Waals surface area contributed by atoms with Gasteiger partial charge in [0.1, 0.15) is 11.6 Å². The van der Waals surface area contributed by atoms with E-state index in [1.807, 2.05) is 30.3 Å². The van der Waals surface area contributed by atoms with Gasteiger partial charge in [-0.15, -0.1) is 0 Å². The molecule has 2 aromatic heterocycles. The molecule has 1 aliphatic rings. The molecule has 1 saturated heterocycles. The highest BCUT2D eigenvalue weighted by molar-refractivity contribution is 5.90. The topological polar surface area (TPSA) is 76.9 Å². The summed E-state index contributed by atoms with van der Waals surface area (Å²) in [4.78, 5) is 9.33. The van der Waals surface area contributed by atoms with Crippen molar-refractivity contribution in [1.29, 1.82) is 0 Å². The first-order chi connectivity index (χ1) is 14.8. The molecule has 1 fully saturated rings. The molecule has 0 bridgehead atoms. The van der Waals surface area contributed by atoms with Crippen LogP contribution in [-0.2, 0) is 4.74 Å². The minimum absolute atomic E-state index is 0.156. The van der Waals surface area contributed by atoms with Gasteiger partial charge in [0.05, 0.1) is 23.4 Å². The summed E-state index contributed by atoms with van der Waals surface area (Å²) in [6, 6.07) is 16.1. The van der Waals surface area contributed by atoms with Crippen molar-refractivity contribution in [2.24, 2.45) is 0 Å². The quantitative estimate of drug-likeness (QED) is 0.499. The third-order valence-corrected chi connectivity index (χ3v) is 5.03. The van der Waals surface area contributed by atoms with Crippen LogP contribution in [-0.4, -0.2) is 39.0 Å². The lowest BCUT2D eigenvalue weighted by atomic mass is 10.2. The summed E-state index contributed by atoms with van der Waals surface area (Å²) < 4.78 is 21.1. The lowest BCUT2D eigenvalue weighted by Crippen LogP contribution is -2.20. The van der Waals surface area contributed by atoms with Gasteiger partial charge in [-0.25, -0.2) is 9.07 Å². The molecule has 1 aliphatic heterocycles. The second-order valence-electron chi connectivity index (χ2n) is 7.18. The van der Waals surface area contributed by atoms with Crippen LogP contribution < -0.4 is 10.6 Å². The van der Waals surface area contributed by atoms with Crippen LogP contribution in [0.25, 0.3) is 16.7 Å². The van der Waals surface area contributed by atoms with E-state index in [4.69, 9.17) is 9.72 Å². The number of hydrogen-bond donors (Lipinski definition) is 2. The average Bonchev–Trinajstić information content (AvgIpc) is 3.43. The van der Waals surface area contributed by atoms with Gasteiger partial charge in [0, 0.05) is 18.8 Å². The maximum absolute atomic E-state index is 13.7. The molecule has 0 amide bonds. The molecule has 1 atom stereocenters. The molecule has 30 heavy (non-hydrogen) atoms. The number of ether oxygens (including phenoxy) is 1. The van der Waals surface area contributed by atoms with Crippen LogP contribution in [0.15, 0.2) is 60.8 Å². The normalized spacial score (nSPS) is 16.1. The molecule has 8 heteroatoms. The van der Waals surface area contributed by atoms with E-state index >= 15 is 0 Å². The number of halogens is 1. The van der Waals surface area contributed by atoms with Crippen molar-refractivity contribution < 1.29 is 9.13 Å².